The standard InChI is InChI=1S/C11H17N3OS/c1-3-8(2)13-10(15)6-9-7-16-11-12-4-5-14(9)11/h7-8H,3-6H2,1-2H3,(H,13,15). The molecule has 0 spiro atoms. The van der Waals surface area contributed by atoms with Gasteiger partial charge in [-0.25, -0.2) is 0 Å². The molecule has 0 aromatic heterocycles. The van der Waals surface area contributed by atoms with Crippen LogP contribution < -0.4 is 5.32 Å². The first-order valence-electron chi connectivity index (χ1n) is 5.67. The fourth-order valence-electron chi connectivity index (χ4n) is 1.71. The van der Waals surface area contributed by atoms with Crippen molar-refractivity contribution in [1.82, 2.24) is 10.2 Å². The van der Waals surface area contributed by atoms with Gasteiger partial charge in [-0.15, -0.1) is 0 Å². The van der Waals surface area contributed by atoms with E-state index in [9.17, 15) is 4.79 Å². The summed E-state index contributed by atoms with van der Waals surface area (Å²) in [6.45, 7) is 5.87. The number of rotatable bonds is 4. The summed E-state index contributed by atoms with van der Waals surface area (Å²) in [6.07, 6.45) is 1.44. The van der Waals surface area contributed by atoms with Gasteiger partial charge in [-0.05, 0) is 18.8 Å². The lowest BCUT2D eigenvalue weighted by atomic mass is 10.2. The molecular weight excluding hydrogens is 222 g/mol. The van der Waals surface area contributed by atoms with Crippen molar-refractivity contribution < 1.29 is 4.79 Å². The highest BCUT2D eigenvalue weighted by Gasteiger charge is 2.27. The predicted octanol–water partition coefficient (Wildman–Crippen LogP) is 1.55. The molecule has 88 valence electrons. The summed E-state index contributed by atoms with van der Waals surface area (Å²) in [5.41, 5.74) is 1.09. The van der Waals surface area contributed by atoms with Crippen molar-refractivity contribution in [2.24, 2.45) is 4.99 Å². The quantitative estimate of drug-likeness (QED) is 0.809. The molecule has 1 amide bonds. The van der Waals surface area contributed by atoms with E-state index in [0.717, 1.165) is 30.4 Å². The Morgan fingerprint density at radius 3 is 3.31 bits per heavy atom. The van der Waals surface area contributed by atoms with E-state index in [1.54, 1.807) is 11.8 Å². The van der Waals surface area contributed by atoms with Crippen LogP contribution in [0.25, 0.3) is 0 Å². The van der Waals surface area contributed by atoms with E-state index in [1.165, 1.54) is 0 Å². The van der Waals surface area contributed by atoms with Crippen molar-refractivity contribution in [2.75, 3.05) is 13.1 Å². The number of nitrogens with one attached hydrogen (secondary N) is 1. The van der Waals surface area contributed by atoms with Gasteiger partial charge < -0.3 is 10.2 Å². The number of nitrogens with zero attached hydrogens (tertiary/aromatic N) is 2. The normalized spacial score (nSPS) is 20.2. The Bertz CT molecular complexity index is 351. The molecule has 2 aliphatic heterocycles. The average molecular weight is 239 g/mol. The fraction of sp³-hybridized carbons (Fsp3) is 0.636. The van der Waals surface area contributed by atoms with E-state index < -0.39 is 0 Å². The van der Waals surface area contributed by atoms with Gasteiger partial charge in [0.15, 0.2) is 5.17 Å². The van der Waals surface area contributed by atoms with Gasteiger partial charge in [0.2, 0.25) is 5.91 Å². The summed E-state index contributed by atoms with van der Waals surface area (Å²) in [4.78, 5) is 18.2. The Hall–Kier alpha value is -0.970. The molecule has 1 N–H and O–H groups in total. The van der Waals surface area contributed by atoms with Gasteiger partial charge in [0, 0.05) is 18.3 Å². The summed E-state index contributed by atoms with van der Waals surface area (Å²) < 4.78 is 0. The summed E-state index contributed by atoms with van der Waals surface area (Å²) >= 11 is 1.62. The maximum absolute atomic E-state index is 11.7. The molecule has 0 saturated carbocycles. The van der Waals surface area contributed by atoms with Crippen LogP contribution in [0.2, 0.25) is 0 Å². The SMILES string of the molecule is CCC(C)NC(=O)CC1=CSC2=NCCN12. The van der Waals surface area contributed by atoms with Crippen molar-refractivity contribution in [2.45, 2.75) is 32.7 Å². The van der Waals surface area contributed by atoms with Crippen molar-refractivity contribution in [3.63, 3.8) is 0 Å². The first-order chi connectivity index (χ1) is 7.70. The number of thioether (sulfide) groups is 1. The van der Waals surface area contributed by atoms with Crippen LogP contribution in [-0.2, 0) is 4.79 Å². The first-order valence-corrected chi connectivity index (χ1v) is 6.55. The van der Waals surface area contributed by atoms with E-state index in [1.807, 2.05) is 12.3 Å². The topological polar surface area (TPSA) is 44.7 Å². The van der Waals surface area contributed by atoms with Crippen LogP contribution in [0.1, 0.15) is 26.7 Å². The average Bonchev–Trinajstić information content (AvgIpc) is 2.82. The maximum atomic E-state index is 11.7. The second kappa shape index (κ2) is 4.91. The Morgan fingerprint density at radius 2 is 2.56 bits per heavy atom. The highest BCUT2D eigenvalue weighted by Crippen LogP contribution is 2.30. The predicted molar refractivity (Wildman–Crippen MR) is 67.2 cm³/mol. The third-order valence-electron chi connectivity index (χ3n) is 2.81. The molecule has 0 aliphatic carbocycles. The molecule has 0 aromatic carbocycles. The zero-order valence-corrected chi connectivity index (χ0v) is 10.5. The molecule has 2 heterocycles. The lowest BCUT2D eigenvalue weighted by Gasteiger charge is -2.17. The van der Waals surface area contributed by atoms with Gasteiger partial charge in [-0.3, -0.25) is 9.79 Å². The maximum Gasteiger partial charge on any atom is 0.226 e. The molecule has 16 heavy (non-hydrogen) atoms. The molecule has 0 fully saturated rings. The summed E-state index contributed by atoms with van der Waals surface area (Å²) in [5.74, 6) is 0.106. The number of hydrogen-bond acceptors (Lipinski definition) is 4. The van der Waals surface area contributed by atoms with E-state index >= 15 is 0 Å². The molecule has 4 nitrogen and oxygen atoms in total. The van der Waals surface area contributed by atoms with E-state index in [-0.39, 0.29) is 11.9 Å². The smallest absolute Gasteiger partial charge is 0.226 e. The van der Waals surface area contributed by atoms with Crippen LogP contribution >= 0.6 is 11.8 Å². The minimum absolute atomic E-state index is 0.106. The van der Waals surface area contributed by atoms with Gasteiger partial charge in [0.05, 0.1) is 13.0 Å². The minimum atomic E-state index is 0.106. The zero-order valence-electron chi connectivity index (χ0n) is 9.69. The van der Waals surface area contributed by atoms with Gasteiger partial charge >= 0.3 is 0 Å². The summed E-state index contributed by atoms with van der Waals surface area (Å²) in [7, 11) is 0. The fourth-order valence-corrected chi connectivity index (χ4v) is 2.66. The monoisotopic (exact) mass is 239 g/mol. The minimum Gasteiger partial charge on any atom is -0.353 e. The first kappa shape index (κ1) is 11.5. The second-order valence-electron chi connectivity index (χ2n) is 4.10. The van der Waals surface area contributed by atoms with Gasteiger partial charge in [0.1, 0.15) is 0 Å². The molecular formula is C11H17N3OS. The molecule has 0 bridgehead atoms. The highest BCUT2D eigenvalue weighted by molar-refractivity contribution is 8.16. The van der Waals surface area contributed by atoms with Crippen molar-refractivity contribution >= 4 is 22.8 Å². The summed E-state index contributed by atoms with van der Waals surface area (Å²) in [5, 5.41) is 6.06. The van der Waals surface area contributed by atoms with E-state index in [4.69, 9.17) is 0 Å². The van der Waals surface area contributed by atoms with Gasteiger partial charge in [-0.1, -0.05) is 18.7 Å². The lowest BCUT2D eigenvalue weighted by Crippen LogP contribution is -2.33. The number of amidine groups is 1. The van der Waals surface area contributed by atoms with Gasteiger partial charge in [0.25, 0.3) is 0 Å². The molecule has 0 saturated heterocycles. The van der Waals surface area contributed by atoms with Crippen molar-refractivity contribution in [3.05, 3.63) is 11.1 Å². The van der Waals surface area contributed by atoms with Crippen LogP contribution in [0, 0.1) is 0 Å². The Labute approximate surface area is 100 Å². The largest absolute Gasteiger partial charge is 0.353 e. The van der Waals surface area contributed by atoms with Crippen LogP contribution in [0.4, 0.5) is 0 Å². The Balaban J connectivity index is 1.86. The highest BCUT2D eigenvalue weighted by atomic mass is 32.2. The van der Waals surface area contributed by atoms with E-state index in [2.05, 4.69) is 22.1 Å². The molecule has 0 aromatic rings. The molecule has 5 heteroatoms. The van der Waals surface area contributed by atoms with E-state index in [0.29, 0.717) is 6.42 Å². The molecule has 1 atom stereocenters. The molecule has 0 radical (unpaired) electrons. The number of amides is 1. The van der Waals surface area contributed by atoms with Crippen molar-refractivity contribution in [1.29, 1.82) is 0 Å². The van der Waals surface area contributed by atoms with Crippen LogP contribution in [0.5, 0.6) is 0 Å². The summed E-state index contributed by atoms with van der Waals surface area (Å²) in [6, 6.07) is 0.258. The number of aliphatic imine (C=N–C) groups is 1. The number of carbonyl (C=O) groups is 1. The number of hydrogen-bond donors (Lipinski definition) is 1. The van der Waals surface area contributed by atoms with Gasteiger partial charge in [-0.2, -0.15) is 0 Å². The number of carbonyl (C=O) groups excluding carboxylic acids is 1. The van der Waals surface area contributed by atoms with Crippen LogP contribution in [0.3, 0.4) is 0 Å². The molecule has 2 rings (SSSR count). The third-order valence-corrected chi connectivity index (χ3v) is 3.76. The molecule has 2 aliphatic rings. The molecule has 1 unspecified atom stereocenters. The second-order valence-corrected chi connectivity index (χ2v) is 4.93. The third kappa shape index (κ3) is 2.40. The van der Waals surface area contributed by atoms with Crippen LogP contribution in [0.15, 0.2) is 16.1 Å². The zero-order chi connectivity index (χ0) is 11.5. The lowest BCUT2D eigenvalue weighted by molar-refractivity contribution is -0.121. The Morgan fingerprint density at radius 1 is 1.75 bits per heavy atom. The Kier molecular flexibility index (Phi) is 3.53. The van der Waals surface area contributed by atoms with Crippen LogP contribution in [-0.4, -0.2) is 35.1 Å². The van der Waals surface area contributed by atoms with Crippen molar-refractivity contribution in [3.8, 4) is 0 Å². The number of fused-ring (bicyclic) bond motifs is 1.